The van der Waals surface area contributed by atoms with Gasteiger partial charge in [0.05, 0.1) is 0 Å². The van der Waals surface area contributed by atoms with Crippen molar-refractivity contribution in [3.8, 4) is 0 Å². The first kappa shape index (κ1) is 27.3. The van der Waals surface area contributed by atoms with Crippen LogP contribution in [0, 0.1) is 6.92 Å². The lowest BCUT2D eigenvalue weighted by Crippen LogP contribution is -2.71. The molecule has 16 heteroatoms. The molecule has 0 spiro atoms. The fourth-order valence-corrected chi connectivity index (χ4v) is 7.84. The average Bonchev–Trinajstić information content (AvgIpc) is 3.20. The maximum absolute atomic E-state index is 13.0. The molecule has 196 valence electrons. The maximum atomic E-state index is 13.0. The zero-order valence-electron chi connectivity index (χ0n) is 19.4. The van der Waals surface area contributed by atoms with Crippen LogP contribution in [0.25, 0.3) is 0 Å². The number of pyridine rings is 1. The zero-order valence-corrected chi connectivity index (χ0v) is 22.7. The summed E-state index contributed by atoms with van der Waals surface area (Å²) in [5.41, 5.74) is 11.8. The van der Waals surface area contributed by atoms with Gasteiger partial charge < -0.3 is 27.1 Å². The van der Waals surface area contributed by atoms with Gasteiger partial charge in [0.25, 0.3) is 11.8 Å². The third-order valence-corrected chi connectivity index (χ3v) is 9.89. The number of carboxylic acid groups (broad SMARTS) is 1. The molecular formula is C21H23N7O5S4. The second-order valence-electron chi connectivity index (χ2n) is 7.77. The number of carboxylic acids is 1. The number of thiazole rings is 1. The van der Waals surface area contributed by atoms with E-state index >= 15 is 0 Å². The molecule has 2 atom stereocenters. The molecular weight excluding hydrogens is 559 g/mol. The molecule has 0 radical (unpaired) electrons. The van der Waals surface area contributed by atoms with Gasteiger partial charge in [-0.15, -0.1) is 23.1 Å². The molecule has 2 aromatic heterocycles. The molecule has 1 saturated heterocycles. The van der Waals surface area contributed by atoms with Crippen molar-refractivity contribution in [3.63, 3.8) is 0 Å². The van der Waals surface area contributed by atoms with Gasteiger partial charge in [0, 0.05) is 50.9 Å². The number of hydrogen-bond acceptors (Lipinski definition) is 13. The third kappa shape index (κ3) is 5.57. The number of amides is 2. The number of nitrogen functional groups attached to an aromatic ring is 1. The van der Waals surface area contributed by atoms with Crippen LogP contribution >= 0.6 is 46.6 Å². The van der Waals surface area contributed by atoms with Gasteiger partial charge in [-0.25, -0.2) is 9.78 Å². The summed E-state index contributed by atoms with van der Waals surface area (Å²) >= 11 is 5.42. The smallest absolute Gasteiger partial charge is 0.353 e. The summed E-state index contributed by atoms with van der Waals surface area (Å²) < 4.78 is 0. The number of anilines is 1. The lowest BCUT2D eigenvalue weighted by molar-refractivity contribution is -0.150. The molecule has 2 aliphatic heterocycles. The van der Waals surface area contributed by atoms with Crippen molar-refractivity contribution in [2.75, 3.05) is 23.8 Å². The minimum atomic E-state index is -1.23. The highest BCUT2D eigenvalue weighted by atomic mass is 32.2. The topological polar surface area (TPSA) is 197 Å². The first-order valence-electron chi connectivity index (χ1n) is 10.8. The molecule has 2 amide bonds. The van der Waals surface area contributed by atoms with E-state index in [0.717, 1.165) is 27.5 Å². The number of thioether (sulfide) groups is 3. The SMILES string of the molecule is Cc1sc(N)nc1/C(=N/O)C(=O)N[C@@H]1C(=O)N2C(C(=O)O)=C(Sc3ccncc3CSCCN)CS[C@H]12. The van der Waals surface area contributed by atoms with Gasteiger partial charge in [-0.2, -0.15) is 11.8 Å². The number of rotatable bonds is 10. The third-order valence-electron chi connectivity index (χ3n) is 5.39. The standard InChI is InChI=1S/C21H23N7O5S4/c1-9-13(26-21(23)36-9)14(27-33)17(29)25-15-18(30)28-16(20(31)32)12(8-35-19(15)28)37-11-2-4-24-6-10(11)7-34-5-3-22/h2,4,6,15,19,33H,3,5,7-8,22H2,1H3,(H2,23,26)(H,25,29)(H,31,32)/b27-14-/t15-,19-/m1/s1. The molecule has 4 heterocycles. The van der Waals surface area contributed by atoms with Crippen molar-refractivity contribution in [2.24, 2.45) is 10.9 Å². The van der Waals surface area contributed by atoms with E-state index in [0.29, 0.717) is 27.8 Å². The van der Waals surface area contributed by atoms with Gasteiger partial charge >= 0.3 is 5.97 Å². The van der Waals surface area contributed by atoms with E-state index < -0.39 is 29.2 Å². The van der Waals surface area contributed by atoms with Gasteiger partial charge in [0.15, 0.2) is 10.8 Å². The van der Waals surface area contributed by atoms with Crippen molar-refractivity contribution in [3.05, 3.63) is 45.2 Å². The number of aromatic nitrogens is 2. The van der Waals surface area contributed by atoms with Crippen LogP contribution in [0.2, 0.25) is 0 Å². The van der Waals surface area contributed by atoms with Crippen LogP contribution < -0.4 is 16.8 Å². The highest BCUT2D eigenvalue weighted by Crippen LogP contribution is 2.45. The first-order chi connectivity index (χ1) is 17.8. The van der Waals surface area contributed by atoms with Gasteiger partial charge in [-0.05, 0) is 18.6 Å². The van der Waals surface area contributed by atoms with Crippen LogP contribution in [-0.4, -0.2) is 78.1 Å². The number of aryl methyl sites for hydroxylation is 1. The molecule has 0 aliphatic carbocycles. The van der Waals surface area contributed by atoms with Crippen LogP contribution in [0.15, 0.2) is 39.1 Å². The number of hydrogen-bond donors (Lipinski definition) is 5. The van der Waals surface area contributed by atoms with Gasteiger partial charge in [-0.3, -0.25) is 19.5 Å². The molecule has 0 aromatic carbocycles. The molecule has 37 heavy (non-hydrogen) atoms. The second kappa shape index (κ2) is 11.7. The van der Waals surface area contributed by atoms with Crippen LogP contribution in [0.4, 0.5) is 5.13 Å². The number of nitrogens with one attached hydrogen (secondary N) is 1. The minimum Gasteiger partial charge on any atom is -0.477 e. The van der Waals surface area contributed by atoms with Crippen LogP contribution in [0.5, 0.6) is 0 Å². The Balaban J connectivity index is 1.52. The molecule has 12 nitrogen and oxygen atoms in total. The Morgan fingerprint density at radius 1 is 1.41 bits per heavy atom. The number of nitrogens with zero attached hydrogens (tertiary/aromatic N) is 4. The van der Waals surface area contributed by atoms with E-state index in [2.05, 4.69) is 20.4 Å². The summed E-state index contributed by atoms with van der Waals surface area (Å²) in [6, 6.07) is 0.825. The molecule has 0 bridgehead atoms. The quantitative estimate of drug-likeness (QED) is 0.0887. The highest BCUT2D eigenvalue weighted by molar-refractivity contribution is 8.06. The highest BCUT2D eigenvalue weighted by Gasteiger charge is 2.54. The van der Waals surface area contributed by atoms with Gasteiger partial charge in [0.1, 0.15) is 22.8 Å². The molecule has 2 aliphatic rings. The number of carbonyl (C=O) groups excluding carboxylic acids is 2. The monoisotopic (exact) mass is 581 g/mol. The summed E-state index contributed by atoms with van der Waals surface area (Å²) in [6.07, 6.45) is 3.38. The van der Waals surface area contributed by atoms with Gasteiger partial charge in [-0.1, -0.05) is 16.9 Å². The van der Waals surface area contributed by atoms with Crippen molar-refractivity contribution < 1.29 is 24.7 Å². The van der Waals surface area contributed by atoms with Crippen LogP contribution in [0.3, 0.4) is 0 Å². The number of aliphatic carboxylic acids is 1. The van der Waals surface area contributed by atoms with Crippen molar-refractivity contribution in [2.45, 2.75) is 29.0 Å². The maximum Gasteiger partial charge on any atom is 0.353 e. The molecule has 4 rings (SSSR count). The number of nitrogens with two attached hydrogens (primary N) is 2. The molecule has 1 fully saturated rings. The Kier molecular flexibility index (Phi) is 8.63. The summed E-state index contributed by atoms with van der Waals surface area (Å²) in [4.78, 5) is 49.4. The van der Waals surface area contributed by atoms with E-state index in [1.165, 1.54) is 28.4 Å². The Morgan fingerprint density at radius 2 is 2.19 bits per heavy atom. The Hall–Kier alpha value is -2.79. The summed E-state index contributed by atoms with van der Waals surface area (Å²) in [5.74, 6) is -0.826. The largest absolute Gasteiger partial charge is 0.477 e. The summed E-state index contributed by atoms with van der Waals surface area (Å²) in [6.45, 7) is 2.22. The van der Waals surface area contributed by atoms with E-state index in [9.17, 15) is 24.7 Å². The normalized spacial score (nSPS) is 19.5. The molecule has 7 N–H and O–H groups in total. The summed E-state index contributed by atoms with van der Waals surface area (Å²) in [7, 11) is 0. The van der Waals surface area contributed by atoms with E-state index in [1.807, 2.05) is 6.07 Å². The van der Waals surface area contributed by atoms with Crippen molar-refractivity contribution >= 4 is 75.2 Å². The average molecular weight is 582 g/mol. The predicted molar refractivity (Wildman–Crippen MR) is 145 cm³/mol. The Bertz CT molecular complexity index is 1300. The number of oxime groups is 1. The zero-order chi connectivity index (χ0) is 26.7. The fraction of sp³-hybridized carbons (Fsp3) is 0.333. The predicted octanol–water partition coefficient (Wildman–Crippen LogP) is 1.29. The molecule has 0 saturated carbocycles. The van der Waals surface area contributed by atoms with E-state index in [4.69, 9.17) is 11.5 Å². The summed E-state index contributed by atoms with van der Waals surface area (Å²) in [5, 5.41) is 24.6. The Morgan fingerprint density at radius 3 is 2.84 bits per heavy atom. The Labute approximate surface area is 228 Å². The number of fused-ring (bicyclic) bond motifs is 1. The molecule has 2 aromatic rings. The lowest BCUT2D eigenvalue weighted by atomic mass is 10.0. The van der Waals surface area contributed by atoms with E-state index in [1.54, 1.807) is 31.1 Å². The number of β-lactam (4-membered cyclic amide) rings is 1. The van der Waals surface area contributed by atoms with Crippen molar-refractivity contribution in [1.82, 2.24) is 20.2 Å². The fourth-order valence-electron chi connectivity index (χ4n) is 3.74. The minimum absolute atomic E-state index is 0.110. The second-order valence-corrected chi connectivity index (χ2v) is 12.4. The van der Waals surface area contributed by atoms with Crippen LogP contribution in [0.1, 0.15) is 16.1 Å². The molecule has 0 unspecified atom stereocenters. The number of carbonyl (C=O) groups is 3. The van der Waals surface area contributed by atoms with Crippen molar-refractivity contribution in [1.29, 1.82) is 0 Å². The van der Waals surface area contributed by atoms with Gasteiger partial charge in [0.2, 0.25) is 0 Å². The first-order valence-corrected chi connectivity index (χ1v) is 14.7. The van der Waals surface area contributed by atoms with E-state index in [-0.39, 0.29) is 22.2 Å². The lowest BCUT2D eigenvalue weighted by Gasteiger charge is -2.49. The van der Waals surface area contributed by atoms with Crippen LogP contribution in [-0.2, 0) is 20.1 Å².